The van der Waals surface area contributed by atoms with E-state index in [4.69, 9.17) is 16.0 Å². The minimum atomic E-state index is -0.386. The molecule has 1 atom stereocenters. The molecule has 0 aliphatic carbocycles. The average molecular weight is 305 g/mol. The third-order valence-corrected chi connectivity index (χ3v) is 3.75. The van der Waals surface area contributed by atoms with Gasteiger partial charge in [-0.2, -0.15) is 0 Å². The van der Waals surface area contributed by atoms with Crippen molar-refractivity contribution >= 4 is 34.8 Å². The first kappa shape index (κ1) is 13.7. The molecular formula is C15H13ClN2O3. The molecule has 1 aliphatic heterocycles. The number of amides is 2. The molecule has 2 aromatic rings. The minimum Gasteiger partial charge on any atom is -0.469 e. The number of benzene rings is 1. The molecule has 2 N–H and O–H groups in total. The van der Waals surface area contributed by atoms with E-state index in [0.717, 1.165) is 16.9 Å². The van der Waals surface area contributed by atoms with Gasteiger partial charge in [-0.25, -0.2) is 0 Å². The molecule has 6 heteroatoms. The van der Waals surface area contributed by atoms with Gasteiger partial charge >= 0.3 is 0 Å². The van der Waals surface area contributed by atoms with Crippen molar-refractivity contribution in [2.75, 3.05) is 10.6 Å². The Morgan fingerprint density at radius 2 is 1.81 bits per heavy atom. The zero-order valence-corrected chi connectivity index (χ0v) is 12.0. The number of carbonyl (C=O) groups excluding carboxylic acids is 2. The van der Waals surface area contributed by atoms with E-state index in [1.165, 1.54) is 0 Å². The highest BCUT2D eigenvalue weighted by Crippen LogP contribution is 2.34. The van der Waals surface area contributed by atoms with Crippen molar-refractivity contribution in [1.82, 2.24) is 0 Å². The zero-order chi connectivity index (χ0) is 15.0. The van der Waals surface area contributed by atoms with Gasteiger partial charge < -0.3 is 15.1 Å². The number of hydrogen-bond acceptors (Lipinski definition) is 3. The fraction of sp³-hybridized carbons (Fsp3) is 0.200. The van der Waals surface area contributed by atoms with Gasteiger partial charge in [-0.3, -0.25) is 9.59 Å². The molecule has 0 saturated carbocycles. The lowest BCUT2D eigenvalue weighted by Crippen LogP contribution is -2.16. The molecule has 1 aromatic heterocycles. The van der Waals surface area contributed by atoms with Crippen LogP contribution in [0.5, 0.6) is 0 Å². The Balaban J connectivity index is 1.95. The topological polar surface area (TPSA) is 71.3 Å². The van der Waals surface area contributed by atoms with Crippen LogP contribution in [0.1, 0.15) is 28.7 Å². The van der Waals surface area contributed by atoms with Crippen LogP contribution in [0, 0.1) is 6.92 Å². The third-order valence-electron chi connectivity index (χ3n) is 3.25. The standard InChI is InChI=1S/C15H13ClN2O3/c1-8-4-10(7-21-8)15(16)9-2-3-11-12(5-9)18-14(20)6-13(19)17-11/h2-5,7,15H,6H2,1H3,(H,17,19)(H,18,20). The molecule has 21 heavy (non-hydrogen) atoms. The number of fused-ring (bicyclic) bond motifs is 1. The van der Waals surface area contributed by atoms with Crippen molar-refractivity contribution in [3.8, 4) is 0 Å². The SMILES string of the molecule is Cc1cc(C(Cl)c2ccc3c(c2)NC(=O)CC(=O)N3)co1. The van der Waals surface area contributed by atoms with Gasteiger partial charge in [0.25, 0.3) is 0 Å². The molecule has 0 bridgehead atoms. The van der Waals surface area contributed by atoms with E-state index in [0.29, 0.717) is 11.4 Å². The summed E-state index contributed by atoms with van der Waals surface area (Å²) in [7, 11) is 0. The maximum Gasteiger partial charge on any atom is 0.233 e. The monoisotopic (exact) mass is 304 g/mol. The highest BCUT2D eigenvalue weighted by atomic mass is 35.5. The molecule has 1 aromatic carbocycles. The Labute approximate surface area is 126 Å². The maximum absolute atomic E-state index is 11.6. The van der Waals surface area contributed by atoms with Gasteiger partial charge in [-0.05, 0) is 30.7 Å². The Bertz CT molecular complexity index is 723. The van der Waals surface area contributed by atoms with E-state index < -0.39 is 0 Å². The van der Waals surface area contributed by atoms with Crippen LogP contribution in [0.3, 0.4) is 0 Å². The van der Waals surface area contributed by atoms with E-state index in [1.54, 1.807) is 18.4 Å². The summed E-state index contributed by atoms with van der Waals surface area (Å²) >= 11 is 6.43. The van der Waals surface area contributed by atoms with Crippen LogP contribution in [-0.2, 0) is 9.59 Å². The molecule has 0 radical (unpaired) electrons. The molecule has 3 rings (SSSR count). The summed E-state index contributed by atoms with van der Waals surface area (Å²) < 4.78 is 5.26. The lowest BCUT2D eigenvalue weighted by atomic mass is 10.1. The summed E-state index contributed by atoms with van der Waals surface area (Å²) in [6.07, 6.45) is 1.42. The van der Waals surface area contributed by atoms with Gasteiger partial charge in [-0.15, -0.1) is 11.6 Å². The van der Waals surface area contributed by atoms with Crippen LogP contribution in [0.15, 0.2) is 34.9 Å². The number of carbonyl (C=O) groups is 2. The van der Waals surface area contributed by atoms with Gasteiger partial charge in [0.15, 0.2) is 0 Å². The number of halogens is 1. The number of hydrogen-bond donors (Lipinski definition) is 2. The van der Waals surface area contributed by atoms with Gasteiger partial charge in [0.05, 0.1) is 23.0 Å². The van der Waals surface area contributed by atoms with Crippen LogP contribution in [0.2, 0.25) is 0 Å². The van der Waals surface area contributed by atoms with Crippen molar-refractivity contribution in [2.45, 2.75) is 18.7 Å². The highest BCUT2D eigenvalue weighted by molar-refractivity contribution is 6.22. The fourth-order valence-electron chi connectivity index (χ4n) is 2.26. The van der Waals surface area contributed by atoms with E-state index in [9.17, 15) is 9.59 Å². The van der Waals surface area contributed by atoms with Gasteiger partial charge in [-0.1, -0.05) is 6.07 Å². The number of furan rings is 1. The molecule has 2 heterocycles. The second-order valence-electron chi connectivity index (χ2n) is 4.93. The Kier molecular flexibility index (Phi) is 3.43. The fourth-order valence-corrected chi connectivity index (χ4v) is 2.51. The quantitative estimate of drug-likeness (QED) is 0.661. The smallest absolute Gasteiger partial charge is 0.233 e. The van der Waals surface area contributed by atoms with Crippen molar-refractivity contribution in [1.29, 1.82) is 0 Å². The lowest BCUT2D eigenvalue weighted by molar-refractivity contribution is -0.123. The van der Waals surface area contributed by atoms with Crippen molar-refractivity contribution in [2.24, 2.45) is 0 Å². The van der Waals surface area contributed by atoms with E-state index in [2.05, 4.69) is 10.6 Å². The summed E-state index contributed by atoms with van der Waals surface area (Å²) in [5, 5.41) is 4.99. The largest absolute Gasteiger partial charge is 0.469 e. The minimum absolute atomic E-state index is 0.185. The summed E-state index contributed by atoms with van der Waals surface area (Å²) in [5.74, 6) is 0.117. The van der Waals surface area contributed by atoms with E-state index in [1.807, 2.05) is 19.1 Å². The zero-order valence-electron chi connectivity index (χ0n) is 11.3. The Morgan fingerprint density at radius 3 is 2.48 bits per heavy atom. The maximum atomic E-state index is 11.6. The first-order valence-corrected chi connectivity index (χ1v) is 6.89. The van der Waals surface area contributed by atoms with Crippen LogP contribution in [-0.4, -0.2) is 11.8 Å². The first-order chi connectivity index (χ1) is 10.0. The molecule has 1 unspecified atom stereocenters. The van der Waals surface area contributed by atoms with Crippen LogP contribution in [0.4, 0.5) is 11.4 Å². The van der Waals surface area contributed by atoms with Crippen molar-refractivity contribution in [3.05, 3.63) is 47.4 Å². The van der Waals surface area contributed by atoms with E-state index in [-0.39, 0.29) is 23.6 Å². The Hall–Kier alpha value is -2.27. The molecule has 0 spiro atoms. The molecular weight excluding hydrogens is 292 g/mol. The number of nitrogens with one attached hydrogen (secondary N) is 2. The van der Waals surface area contributed by atoms with Crippen molar-refractivity contribution < 1.29 is 14.0 Å². The molecule has 108 valence electrons. The molecule has 5 nitrogen and oxygen atoms in total. The Morgan fingerprint density at radius 1 is 1.10 bits per heavy atom. The molecule has 2 amide bonds. The van der Waals surface area contributed by atoms with Gasteiger partial charge in [0, 0.05) is 5.56 Å². The van der Waals surface area contributed by atoms with Crippen LogP contribution < -0.4 is 10.6 Å². The summed E-state index contributed by atoms with van der Waals surface area (Å²) in [6, 6.07) is 7.18. The molecule has 0 fully saturated rings. The second-order valence-corrected chi connectivity index (χ2v) is 5.37. The first-order valence-electron chi connectivity index (χ1n) is 6.45. The number of anilines is 2. The number of aryl methyl sites for hydroxylation is 1. The predicted molar refractivity (Wildman–Crippen MR) is 79.5 cm³/mol. The normalized spacial score (nSPS) is 15.7. The van der Waals surface area contributed by atoms with Crippen molar-refractivity contribution in [3.63, 3.8) is 0 Å². The van der Waals surface area contributed by atoms with Crippen LogP contribution >= 0.6 is 11.6 Å². The van der Waals surface area contributed by atoms with Crippen LogP contribution in [0.25, 0.3) is 0 Å². The van der Waals surface area contributed by atoms with Gasteiger partial charge in [0.2, 0.25) is 11.8 Å². The second kappa shape index (κ2) is 5.26. The summed E-state index contributed by atoms with van der Waals surface area (Å²) in [5.41, 5.74) is 2.78. The number of rotatable bonds is 2. The lowest BCUT2D eigenvalue weighted by Gasteiger charge is -2.12. The predicted octanol–water partition coefficient (Wildman–Crippen LogP) is 3.20. The van der Waals surface area contributed by atoms with Gasteiger partial charge in [0.1, 0.15) is 12.2 Å². The molecule has 0 saturated heterocycles. The highest BCUT2D eigenvalue weighted by Gasteiger charge is 2.20. The van der Waals surface area contributed by atoms with E-state index >= 15 is 0 Å². The number of alkyl halides is 1. The molecule has 1 aliphatic rings. The summed E-state index contributed by atoms with van der Waals surface area (Å²) in [6.45, 7) is 1.85. The average Bonchev–Trinajstić information content (AvgIpc) is 2.79. The summed E-state index contributed by atoms with van der Waals surface area (Å²) in [4.78, 5) is 23.1. The third kappa shape index (κ3) is 2.78.